The summed E-state index contributed by atoms with van der Waals surface area (Å²) >= 11 is 0. The summed E-state index contributed by atoms with van der Waals surface area (Å²) < 4.78 is 0. The predicted molar refractivity (Wildman–Crippen MR) is 149 cm³/mol. The third kappa shape index (κ3) is 16.0. The average Bonchev–Trinajstić information content (AvgIpc) is 2.88. The zero-order valence-corrected chi connectivity index (χ0v) is 23.3. The molecular formula is C31H53NO4. The quantitative estimate of drug-likeness (QED) is 0.113. The van der Waals surface area contributed by atoms with E-state index in [-0.39, 0.29) is 5.91 Å². The first kappa shape index (κ1) is 32.1. The number of carbonyl (C=O) groups is 2. The highest BCUT2D eigenvalue weighted by Gasteiger charge is 2.21. The molecule has 1 amide bonds. The zero-order valence-electron chi connectivity index (χ0n) is 23.3. The lowest BCUT2D eigenvalue weighted by atomic mass is 9.99. The maximum Gasteiger partial charge on any atom is 0.325 e. The number of carboxylic acids is 1. The molecule has 1 N–H and O–H groups in total. The van der Waals surface area contributed by atoms with Crippen molar-refractivity contribution in [3.8, 4) is 0 Å². The second-order valence-corrected chi connectivity index (χ2v) is 10.1. The molecule has 36 heavy (non-hydrogen) atoms. The molecule has 0 atom stereocenters. The molecule has 0 spiro atoms. The predicted octanol–water partition coefficient (Wildman–Crippen LogP) is 8.75. The lowest BCUT2D eigenvalue weighted by Crippen LogP contribution is -2.36. The van der Waals surface area contributed by atoms with Crippen molar-refractivity contribution in [2.45, 2.75) is 136 Å². The van der Waals surface area contributed by atoms with Gasteiger partial charge in [0.25, 0.3) is 5.91 Å². The highest BCUT2D eigenvalue weighted by molar-refractivity contribution is 5.96. The number of benzene rings is 1. The molecule has 0 aliphatic heterocycles. The van der Waals surface area contributed by atoms with Gasteiger partial charge in [0.15, 0.2) is 0 Å². The van der Waals surface area contributed by atoms with Crippen LogP contribution in [0.4, 0.5) is 0 Å². The number of aliphatic carboxylic acids is 1. The fourth-order valence-corrected chi connectivity index (χ4v) is 4.62. The van der Waals surface area contributed by atoms with E-state index in [1.165, 1.54) is 96.3 Å². The number of hydrogen-bond acceptors (Lipinski definition) is 3. The van der Waals surface area contributed by atoms with Gasteiger partial charge in [0.1, 0.15) is 6.54 Å². The molecule has 0 radical (unpaired) electrons. The summed E-state index contributed by atoms with van der Waals surface area (Å²) in [6.07, 6.45) is 24.4. The highest BCUT2D eigenvalue weighted by Crippen LogP contribution is 2.18. The normalized spacial score (nSPS) is 11.1. The Morgan fingerprint density at radius 2 is 1.17 bits per heavy atom. The van der Waals surface area contributed by atoms with E-state index in [2.05, 4.69) is 6.92 Å². The molecular weight excluding hydrogens is 450 g/mol. The number of nitrogens with zero attached hydrogens (tertiary/aromatic N) is 1. The van der Waals surface area contributed by atoms with Crippen molar-refractivity contribution in [3.05, 3.63) is 35.4 Å². The van der Waals surface area contributed by atoms with Crippen LogP contribution in [-0.4, -0.2) is 35.2 Å². The molecule has 0 aliphatic rings. The Hall–Kier alpha value is -1.88. The fourth-order valence-electron chi connectivity index (χ4n) is 4.62. The van der Waals surface area contributed by atoms with E-state index in [0.717, 1.165) is 29.9 Å². The van der Waals surface area contributed by atoms with Gasteiger partial charge in [0.2, 0.25) is 0 Å². The lowest BCUT2D eigenvalue weighted by molar-refractivity contribution is -0.158. The maximum atomic E-state index is 12.9. The number of amides is 1. The molecule has 0 unspecified atom stereocenters. The van der Waals surface area contributed by atoms with Gasteiger partial charge in [-0.25, -0.2) is 5.06 Å². The number of unbranched alkanes of at least 4 members (excludes halogenated alkanes) is 16. The van der Waals surface area contributed by atoms with Crippen LogP contribution in [0.1, 0.15) is 145 Å². The van der Waals surface area contributed by atoms with Crippen LogP contribution in [0, 0.1) is 0 Å². The van der Waals surface area contributed by atoms with Crippen LogP contribution in [0.2, 0.25) is 0 Å². The molecule has 0 saturated carbocycles. The smallest absolute Gasteiger partial charge is 0.325 e. The Morgan fingerprint density at radius 3 is 1.64 bits per heavy atom. The van der Waals surface area contributed by atoms with E-state index >= 15 is 0 Å². The molecule has 1 aromatic carbocycles. The molecule has 0 heterocycles. The lowest BCUT2D eigenvalue weighted by Gasteiger charge is -2.21. The van der Waals surface area contributed by atoms with Gasteiger partial charge in [-0.2, -0.15) is 0 Å². The van der Waals surface area contributed by atoms with Crippen LogP contribution in [0.3, 0.4) is 0 Å². The van der Waals surface area contributed by atoms with Gasteiger partial charge in [-0.05, 0) is 30.9 Å². The Morgan fingerprint density at radius 1 is 0.694 bits per heavy atom. The van der Waals surface area contributed by atoms with Crippen LogP contribution in [0.25, 0.3) is 0 Å². The van der Waals surface area contributed by atoms with E-state index in [4.69, 9.17) is 9.94 Å². The Labute approximate surface area is 220 Å². The molecule has 0 saturated heterocycles. The van der Waals surface area contributed by atoms with Crippen LogP contribution in [0.15, 0.2) is 24.3 Å². The zero-order chi connectivity index (χ0) is 26.3. The van der Waals surface area contributed by atoms with Gasteiger partial charge >= 0.3 is 5.97 Å². The largest absolute Gasteiger partial charge is 0.480 e. The van der Waals surface area contributed by atoms with Crippen molar-refractivity contribution >= 4 is 11.9 Å². The molecule has 0 bridgehead atoms. The van der Waals surface area contributed by atoms with Crippen molar-refractivity contribution in [2.24, 2.45) is 0 Å². The summed E-state index contributed by atoms with van der Waals surface area (Å²) in [6, 6.07) is 7.51. The summed E-state index contributed by atoms with van der Waals surface area (Å²) in [5, 5.41) is 10.1. The van der Waals surface area contributed by atoms with Crippen LogP contribution in [-0.2, 0) is 16.1 Å². The number of carboxylic acid groups (broad SMARTS) is 1. The Bertz CT molecular complexity index is 691. The van der Waals surface area contributed by atoms with Gasteiger partial charge in [-0.15, -0.1) is 0 Å². The third-order valence-electron chi connectivity index (χ3n) is 6.75. The first-order chi connectivity index (χ1) is 17.6. The van der Waals surface area contributed by atoms with Crippen molar-refractivity contribution in [2.75, 3.05) is 13.2 Å². The van der Waals surface area contributed by atoms with E-state index in [1.54, 1.807) is 6.07 Å². The second-order valence-electron chi connectivity index (χ2n) is 10.1. The topological polar surface area (TPSA) is 66.8 Å². The van der Waals surface area contributed by atoms with E-state index in [1.807, 2.05) is 25.1 Å². The van der Waals surface area contributed by atoms with Crippen molar-refractivity contribution in [3.63, 3.8) is 0 Å². The first-order valence-corrected chi connectivity index (χ1v) is 14.8. The second kappa shape index (κ2) is 22.3. The minimum absolute atomic E-state index is 0.320. The summed E-state index contributed by atoms with van der Waals surface area (Å²) in [6.45, 7) is 4.07. The van der Waals surface area contributed by atoms with Gasteiger partial charge in [-0.1, -0.05) is 135 Å². The molecule has 0 fully saturated rings. The number of rotatable bonds is 24. The van der Waals surface area contributed by atoms with Crippen LogP contribution >= 0.6 is 0 Å². The molecule has 0 aromatic heterocycles. The van der Waals surface area contributed by atoms with Crippen molar-refractivity contribution in [1.29, 1.82) is 0 Å². The number of hydrogen-bond donors (Lipinski definition) is 1. The summed E-state index contributed by atoms with van der Waals surface area (Å²) in [5.74, 6) is -1.45. The molecule has 5 heteroatoms. The summed E-state index contributed by atoms with van der Waals surface area (Å²) in [4.78, 5) is 29.5. The standard InChI is InChI=1S/C31H53NO4/c1-3-5-6-7-8-9-10-11-12-13-14-15-16-17-18-19-20-23-28-24-21-22-25-29(28)31(35)32(27-30(33)34)36-26-4-2/h21-22,24-25H,3-20,23,26-27H2,1-2H3,(H,33,34). The summed E-state index contributed by atoms with van der Waals surface area (Å²) in [7, 11) is 0. The first-order valence-electron chi connectivity index (χ1n) is 14.8. The molecule has 5 nitrogen and oxygen atoms in total. The maximum absolute atomic E-state index is 12.9. The number of carbonyl (C=O) groups excluding carboxylic acids is 1. The molecule has 1 aromatic rings. The van der Waals surface area contributed by atoms with Gasteiger partial charge in [0.05, 0.1) is 6.61 Å². The minimum atomic E-state index is -1.08. The fraction of sp³-hybridized carbons (Fsp3) is 0.742. The monoisotopic (exact) mass is 503 g/mol. The SMILES string of the molecule is CCCCCCCCCCCCCCCCCCCc1ccccc1C(=O)N(CC(=O)O)OCCC. The molecule has 0 aliphatic carbocycles. The van der Waals surface area contributed by atoms with Crippen LogP contribution in [0.5, 0.6) is 0 Å². The Balaban J connectivity index is 2.14. The van der Waals surface area contributed by atoms with E-state index in [9.17, 15) is 9.59 Å². The van der Waals surface area contributed by atoms with Gasteiger partial charge in [0, 0.05) is 5.56 Å². The van der Waals surface area contributed by atoms with Crippen molar-refractivity contribution in [1.82, 2.24) is 5.06 Å². The molecule has 206 valence electrons. The van der Waals surface area contributed by atoms with E-state index in [0.29, 0.717) is 18.6 Å². The van der Waals surface area contributed by atoms with Gasteiger partial charge < -0.3 is 5.11 Å². The Kier molecular flexibility index (Phi) is 19.9. The average molecular weight is 504 g/mol. The molecule has 1 rings (SSSR count). The van der Waals surface area contributed by atoms with Crippen LogP contribution < -0.4 is 0 Å². The highest BCUT2D eigenvalue weighted by atomic mass is 16.7. The van der Waals surface area contributed by atoms with Gasteiger partial charge in [-0.3, -0.25) is 14.4 Å². The summed E-state index contributed by atoms with van der Waals surface area (Å²) in [5.41, 5.74) is 1.52. The van der Waals surface area contributed by atoms with Crippen molar-refractivity contribution < 1.29 is 19.5 Å². The third-order valence-corrected chi connectivity index (χ3v) is 6.75. The number of hydroxylamine groups is 2. The minimum Gasteiger partial charge on any atom is -0.480 e. The van der Waals surface area contributed by atoms with E-state index < -0.39 is 12.5 Å². The number of aryl methyl sites for hydroxylation is 1.